The highest BCUT2D eigenvalue weighted by Gasteiger charge is 2.11. The Morgan fingerprint density at radius 1 is 1.35 bits per heavy atom. The van der Waals surface area contributed by atoms with E-state index >= 15 is 0 Å². The van der Waals surface area contributed by atoms with Crippen LogP contribution >= 0.6 is 0 Å². The van der Waals surface area contributed by atoms with Crippen molar-refractivity contribution in [3.63, 3.8) is 0 Å². The zero-order valence-electron chi connectivity index (χ0n) is 13.3. The molecule has 1 unspecified atom stereocenters. The van der Waals surface area contributed by atoms with E-state index in [4.69, 9.17) is 4.74 Å². The van der Waals surface area contributed by atoms with Gasteiger partial charge in [0.2, 0.25) is 0 Å². The molecule has 0 heterocycles. The summed E-state index contributed by atoms with van der Waals surface area (Å²) in [7, 11) is 3.60. The van der Waals surface area contributed by atoms with Crippen molar-refractivity contribution >= 4 is 5.69 Å². The third-order valence-corrected chi connectivity index (χ3v) is 3.23. The van der Waals surface area contributed by atoms with E-state index in [1.54, 1.807) is 7.11 Å². The molecule has 0 aliphatic carbocycles. The minimum Gasteiger partial charge on any atom is -0.389 e. The predicted molar refractivity (Wildman–Crippen MR) is 84.3 cm³/mol. The summed E-state index contributed by atoms with van der Waals surface area (Å²) in [5, 5.41) is 13.2. The lowest BCUT2D eigenvalue weighted by atomic mass is 10.1. The Morgan fingerprint density at radius 3 is 2.60 bits per heavy atom. The fraction of sp³-hybridized carbons (Fsp3) is 0.625. The molecule has 0 aliphatic rings. The number of aliphatic hydroxyl groups excluding tert-OH is 1. The Bertz CT molecular complexity index is 407. The molecule has 20 heavy (non-hydrogen) atoms. The first-order chi connectivity index (χ1) is 9.43. The Labute approximate surface area is 122 Å². The summed E-state index contributed by atoms with van der Waals surface area (Å²) in [5.74, 6) is 0. The normalized spacial score (nSPS) is 12.8. The predicted octanol–water partition coefficient (Wildman–Crippen LogP) is 1.94. The molecular formula is C16H28N2O2. The highest BCUT2D eigenvalue weighted by molar-refractivity contribution is 5.54. The van der Waals surface area contributed by atoms with Gasteiger partial charge >= 0.3 is 0 Å². The number of benzene rings is 1. The van der Waals surface area contributed by atoms with E-state index in [0.717, 1.165) is 12.2 Å². The number of hydrogen-bond donors (Lipinski definition) is 2. The summed E-state index contributed by atoms with van der Waals surface area (Å²) in [4.78, 5) is 2.07. The number of nitrogens with one attached hydrogen (secondary N) is 1. The van der Waals surface area contributed by atoms with Crippen molar-refractivity contribution < 1.29 is 9.84 Å². The molecule has 4 heteroatoms. The fourth-order valence-electron chi connectivity index (χ4n) is 2.24. The molecule has 1 aromatic carbocycles. The molecule has 0 amide bonds. The van der Waals surface area contributed by atoms with E-state index in [2.05, 4.69) is 49.2 Å². The number of rotatable bonds is 8. The molecule has 1 atom stereocenters. The molecule has 0 bridgehead atoms. The zero-order valence-corrected chi connectivity index (χ0v) is 13.3. The maximum atomic E-state index is 9.80. The monoisotopic (exact) mass is 280 g/mol. The molecule has 0 aliphatic heterocycles. The van der Waals surface area contributed by atoms with Crippen LogP contribution in [0.4, 0.5) is 5.69 Å². The van der Waals surface area contributed by atoms with Crippen molar-refractivity contribution in [2.24, 2.45) is 0 Å². The third kappa shape index (κ3) is 5.49. The molecule has 0 spiro atoms. The number of aryl methyl sites for hydroxylation is 1. The van der Waals surface area contributed by atoms with E-state index in [0.29, 0.717) is 19.2 Å². The SMILES string of the molecule is COCC(O)CN(C)c1ccc(CNC(C)C)cc1C. The second kappa shape index (κ2) is 8.25. The van der Waals surface area contributed by atoms with Gasteiger partial charge in [0, 0.05) is 39.0 Å². The second-order valence-electron chi connectivity index (χ2n) is 5.65. The largest absolute Gasteiger partial charge is 0.389 e. The van der Waals surface area contributed by atoms with Gasteiger partial charge in [0.15, 0.2) is 0 Å². The van der Waals surface area contributed by atoms with Crippen LogP contribution in [-0.2, 0) is 11.3 Å². The number of anilines is 1. The average molecular weight is 280 g/mol. The number of aliphatic hydroxyl groups is 1. The maximum Gasteiger partial charge on any atom is 0.0947 e. The molecule has 4 nitrogen and oxygen atoms in total. The van der Waals surface area contributed by atoms with E-state index < -0.39 is 6.10 Å². The molecule has 1 aromatic rings. The van der Waals surface area contributed by atoms with E-state index in [1.165, 1.54) is 11.1 Å². The second-order valence-corrected chi connectivity index (χ2v) is 5.65. The summed E-state index contributed by atoms with van der Waals surface area (Å²) in [5.41, 5.74) is 3.65. The molecular weight excluding hydrogens is 252 g/mol. The summed E-state index contributed by atoms with van der Waals surface area (Å²) >= 11 is 0. The lowest BCUT2D eigenvalue weighted by molar-refractivity contribution is 0.0695. The van der Waals surface area contributed by atoms with Crippen LogP contribution in [0.15, 0.2) is 18.2 Å². The topological polar surface area (TPSA) is 44.7 Å². The summed E-state index contributed by atoms with van der Waals surface area (Å²) in [6.45, 7) is 8.21. The van der Waals surface area contributed by atoms with Crippen molar-refractivity contribution in [3.8, 4) is 0 Å². The van der Waals surface area contributed by atoms with Crippen LogP contribution in [0.3, 0.4) is 0 Å². The summed E-state index contributed by atoms with van der Waals surface area (Å²) < 4.78 is 4.96. The van der Waals surface area contributed by atoms with Gasteiger partial charge in [-0.15, -0.1) is 0 Å². The number of nitrogens with zero attached hydrogens (tertiary/aromatic N) is 1. The lowest BCUT2D eigenvalue weighted by Gasteiger charge is -2.24. The summed E-state index contributed by atoms with van der Waals surface area (Å²) in [6, 6.07) is 6.94. The van der Waals surface area contributed by atoms with E-state index in [9.17, 15) is 5.11 Å². The van der Waals surface area contributed by atoms with Gasteiger partial charge in [-0.3, -0.25) is 0 Å². The highest BCUT2D eigenvalue weighted by Crippen LogP contribution is 2.20. The molecule has 0 saturated heterocycles. The van der Waals surface area contributed by atoms with Crippen molar-refractivity contribution in [1.82, 2.24) is 5.32 Å². The molecule has 2 N–H and O–H groups in total. The van der Waals surface area contributed by atoms with Gasteiger partial charge in [0.1, 0.15) is 0 Å². The first kappa shape index (κ1) is 17.0. The first-order valence-electron chi connectivity index (χ1n) is 7.15. The average Bonchev–Trinajstić information content (AvgIpc) is 2.36. The quantitative estimate of drug-likeness (QED) is 0.764. The molecule has 0 aromatic heterocycles. The fourth-order valence-corrected chi connectivity index (χ4v) is 2.24. The first-order valence-corrected chi connectivity index (χ1v) is 7.15. The highest BCUT2D eigenvalue weighted by atomic mass is 16.5. The van der Waals surface area contributed by atoms with Gasteiger partial charge in [0.05, 0.1) is 12.7 Å². The maximum absolute atomic E-state index is 9.80. The van der Waals surface area contributed by atoms with Crippen molar-refractivity contribution in [3.05, 3.63) is 29.3 Å². The molecule has 0 radical (unpaired) electrons. The van der Waals surface area contributed by atoms with Crippen molar-refractivity contribution in [1.29, 1.82) is 0 Å². The number of methoxy groups -OCH3 is 1. The molecule has 114 valence electrons. The Balaban J connectivity index is 2.67. The van der Waals surface area contributed by atoms with Crippen LogP contribution in [0.5, 0.6) is 0 Å². The molecule has 1 rings (SSSR count). The summed E-state index contributed by atoms with van der Waals surface area (Å²) in [6.07, 6.45) is -0.466. The van der Waals surface area contributed by atoms with Crippen molar-refractivity contribution in [2.75, 3.05) is 32.2 Å². The van der Waals surface area contributed by atoms with Crippen LogP contribution in [0.1, 0.15) is 25.0 Å². The van der Waals surface area contributed by atoms with Crippen LogP contribution in [0.25, 0.3) is 0 Å². The van der Waals surface area contributed by atoms with Gasteiger partial charge < -0.3 is 20.1 Å². The van der Waals surface area contributed by atoms with Gasteiger partial charge in [0.25, 0.3) is 0 Å². The van der Waals surface area contributed by atoms with Gasteiger partial charge in [-0.2, -0.15) is 0 Å². The van der Waals surface area contributed by atoms with Crippen LogP contribution in [0, 0.1) is 6.92 Å². The number of hydrogen-bond acceptors (Lipinski definition) is 4. The van der Waals surface area contributed by atoms with E-state index in [1.807, 2.05) is 7.05 Å². The third-order valence-electron chi connectivity index (χ3n) is 3.23. The van der Waals surface area contributed by atoms with Gasteiger partial charge in [-0.25, -0.2) is 0 Å². The Kier molecular flexibility index (Phi) is 6.99. The number of likely N-dealkylation sites (N-methyl/N-ethyl adjacent to an activating group) is 1. The Hall–Kier alpha value is -1.10. The lowest BCUT2D eigenvalue weighted by Crippen LogP contribution is -2.32. The van der Waals surface area contributed by atoms with Crippen LogP contribution in [-0.4, -0.2) is 44.6 Å². The molecule has 0 fully saturated rings. The Morgan fingerprint density at radius 2 is 2.05 bits per heavy atom. The standard InChI is InChI=1S/C16H28N2O2/c1-12(2)17-9-14-6-7-16(13(3)8-14)18(4)10-15(19)11-20-5/h6-8,12,15,17,19H,9-11H2,1-5H3. The zero-order chi connectivity index (χ0) is 15.1. The molecule has 0 saturated carbocycles. The minimum atomic E-state index is -0.466. The van der Waals surface area contributed by atoms with E-state index in [-0.39, 0.29) is 0 Å². The van der Waals surface area contributed by atoms with Crippen molar-refractivity contribution in [2.45, 2.75) is 39.5 Å². The van der Waals surface area contributed by atoms with Gasteiger partial charge in [-0.05, 0) is 24.1 Å². The van der Waals surface area contributed by atoms with Gasteiger partial charge in [-0.1, -0.05) is 26.0 Å². The number of ether oxygens (including phenoxy) is 1. The van der Waals surface area contributed by atoms with Crippen LogP contribution < -0.4 is 10.2 Å². The van der Waals surface area contributed by atoms with Crippen LogP contribution in [0.2, 0.25) is 0 Å². The smallest absolute Gasteiger partial charge is 0.0947 e. The minimum absolute atomic E-state index is 0.361.